The molecule has 1 N–H and O–H groups in total. The minimum Gasteiger partial charge on any atom is -0.507 e. The van der Waals surface area contributed by atoms with E-state index in [0.717, 1.165) is 35.2 Å². The van der Waals surface area contributed by atoms with Gasteiger partial charge in [0.15, 0.2) is 0 Å². The van der Waals surface area contributed by atoms with Crippen LogP contribution in [0.15, 0.2) is 89.1 Å². The van der Waals surface area contributed by atoms with E-state index < -0.39 is 0 Å². The normalized spacial score (nSPS) is 16.1. The molecule has 6 rings (SSSR count). The Hall–Kier alpha value is -4.66. The quantitative estimate of drug-likeness (QED) is 0.213. The molecule has 0 bridgehead atoms. The van der Waals surface area contributed by atoms with Crippen molar-refractivity contribution in [2.45, 2.75) is 0 Å². The summed E-state index contributed by atoms with van der Waals surface area (Å²) in [6, 6.07) is 24.2. The number of nitrogens with zero attached hydrogens (tertiary/aromatic N) is 4. The van der Waals surface area contributed by atoms with Crippen LogP contribution in [0.4, 0.5) is 0 Å². The van der Waals surface area contributed by atoms with E-state index in [1.807, 2.05) is 54.6 Å². The molecule has 4 aromatic rings. The first-order valence-electron chi connectivity index (χ1n) is 13.3. The summed E-state index contributed by atoms with van der Waals surface area (Å²) in [6.45, 7) is 3.96. The maximum absolute atomic E-state index is 13.4. The summed E-state index contributed by atoms with van der Waals surface area (Å²) in [5.74, 6) is -0.343. The standard InChI is InChI=1S/C32H28N4O4/c37-29-7-2-1-4-24(29)21-34-33-20-22-8-10-23(11-9-22)25-12-13-28-30-26(25)5-3-6-27(30)31(38)36(32(28)39)15-14-35-16-18-40-19-17-35/h1-13,20-21,37H,14-19H2/b33-20+,34-21+. The molecule has 0 radical (unpaired) electrons. The van der Waals surface area contributed by atoms with Crippen LogP contribution in [0, 0.1) is 0 Å². The largest absolute Gasteiger partial charge is 0.507 e. The molecular weight excluding hydrogens is 504 g/mol. The lowest BCUT2D eigenvalue weighted by Crippen LogP contribution is -2.46. The average Bonchev–Trinajstić information content (AvgIpc) is 2.99. The fraction of sp³-hybridized carbons (Fsp3) is 0.188. The lowest BCUT2D eigenvalue weighted by molar-refractivity contribution is 0.0316. The molecule has 40 heavy (non-hydrogen) atoms. The van der Waals surface area contributed by atoms with E-state index >= 15 is 0 Å². The monoisotopic (exact) mass is 532 g/mol. The highest BCUT2D eigenvalue weighted by Crippen LogP contribution is 2.36. The van der Waals surface area contributed by atoms with Crippen LogP contribution in [-0.2, 0) is 4.74 Å². The first-order valence-corrected chi connectivity index (χ1v) is 13.3. The van der Waals surface area contributed by atoms with E-state index in [4.69, 9.17) is 4.74 Å². The number of para-hydroxylation sites is 1. The van der Waals surface area contributed by atoms with Gasteiger partial charge in [0.2, 0.25) is 0 Å². The number of carbonyl (C=O) groups is 2. The summed E-state index contributed by atoms with van der Waals surface area (Å²) in [5, 5.41) is 19.5. The maximum atomic E-state index is 13.4. The van der Waals surface area contributed by atoms with E-state index in [2.05, 4.69) is 15.1 Å². The summed E-state index contributed by atoms with van der Waals surface area (Å²) < 4.78 is 5.41. The zero-order valence-corrected chi connectivity index (χ0v) is 21.9. The van der Waals surface area contributed by atoms with Crippen molar-refractivity contribution in [1.82, 2.24) is 9.80 Å². The summed E-state index contributed by atoms with van der Waals surface area (Å²) >= 11 is 0. The Morgan fingerprint density at radius 3 is 2.23 bits per heavy atom. The van der Waals surface area contributed by atoms with E-state index in [9.17, 15) is 14.7 Å². The van der Waals surface area contributed by atoms with Gasteiger partial charge in [-0.1, -0.05) is 54.6 Å². The second kappa shape index (κ2) is 11.2. The predicted molar refractivity (Wildman–Crippen MR) is 155 cm³/mol. The van der Waals surface area contributed by atoms with Crippen molar-refractivity contribution in [3.63, 3.8) is 0 Å². The van der Waals surface area contributed by atoms with Gasteiger partial charge in [-0.3, -0.25) is 19.4 Å². The average molecular weight is 533 g/mol. The molecule has 1 fully saturated rings. The van der Waals surface area contributed by atoms with Crippen LogP contribution in [0.25, 0.3) is 21.9 Å². The highest BCUT2D eigenvalue weighted by Gasteiger charge is 2.33. The third kappa shape index (κ3) is 5.02. The number of rotatable bonds is 7. The number of hydrogen-bond acceptors (Lipinski definition) is 7. The van der Waals surface area contributed by atoms with Gasteiger partial charge in [-0.25, -0.2) is 0 Å². The molecule has 2 heterocycles. The Bertz CT molecular complexity index is 1620. The zero-order valence-electron chi connectivity index (χ0n) is 21.9. The third-order valence-corrected chi connectivity index (χ3v) is 7.36. The molecule has 2 amide bonds. The van der Waals surface area contributed by atoms with Gasteiger partial charge in [-0.2, -0.15) is 10.2 Å². The summed E-state index contributed by atoms with van der Waals surface area (Å²) in [6.07, 6.45) is 3.14. The molecular formula is C32H28N4O4. The molecule has 0 atom stereocenters. The minimum absolute atomic E-state index is 0.149. The molecule has 0 saturated carbocycles. The van der Waals surface area contributed by atoms with E-state index in [0.29, 0.717) is 48.4 Å². The van der Waals surface area contributed by atoms with Crippen LogP contribution in [-0.4, -0.2) is 78.5 Å². The topological polar surface area (TPSA) is 94.8 Å². The molecule has 0 unspecified atom stereocenters. The molecule has 0 aliphatic carbocycles. The highest BCUT2D eigenvalue weighted by molar-refractivity contribution is 6.27. The van der Waals surface area contributed by atoms with Gasteiger partial charge in [0.1, 0.15) is 5.75 Å². The second-order valence-corrected chi connectivity index (χ2v) is 9.77. The van der Waals surface area contributed by atoms with Crippen LogP contribution in [0.5, 0.6) is 5.75 Å². The van der Waals surface area contributed by atoms with Gasteiger partial charge < -0.3 is 9.84 Å². The van der Waals surface area contributed by atoms with Gasteiger partial charge in [0, 0.05) is 48.3 Å². The first kappa shape index (κ1) is 25.6. The Morgan fingerprint density at radius 1 is 0.750 bits per heavy atom. The number of hydrogen-bond donors (Lipinski definition) is 1. The second-order valence-electron chi connectivity index (χ2n) is 9.77. The van der Waals surface area contributed by atoms with Crippen LogP contribution < -0.4 is 0 Å². The Labute approximate surface area is 231 Å². The van der Waals surface area contributed by atoms with Crippen LogP contribution >= 0.6 is 0 Å². The summed E-state index contributed by atoms with van der Waals surface area (Å²) in [5.41, 5.74) is 4.48. The lowest BCUT2D eigenvalue weighted by Gasteiger charge is -2.31. The van der Waals surface area contributed by atoms with Crippen molar-refractivity contribution in [1.29, 1.82) is 0 Å². The zero-order chi connectivity index (χ0) is 27.5. The number of imide groups is 1. The predicted octanol–water partition coefficient (Wildman–Crippen LogP) is 4.59. The molecule has 200 valence electrons. The Balaban J connectivity index is 1.23. The van der Waals surface area contributed by atoms with Crippen LogP contribution in [0.2, 0.25) is 0 Å². The highest BCUT2D eigenvalue weighted by atomic mass is 16.5. The van der Waals surface area contributed by atoms with Crippen molar-refractivity contribution < 1.29 is 19.4 Å². The lowest BCUT2D eigenvalue weighted by atomic mass is 9.89. The van der Waals surface area contributed by atoms with Crippen molar-refractivity contribution in [2.75, 3.05) is 39.4 Å². The maximum Gasteiger partial charge on any atom is 0.261 e. The number of morpholine rings is 1. The van der Waals surface area contributed by atoms with Gasteiger partial charge in [-0.05, 0) is 46.3 Å². The van der Waals surface area contributed by atoms with Gasteiger partial charge in [0.25, 0.3) is 11.8 Å². The fourth-order valence-electron chi connectivity index (χ4n) is 5.21. The first-order chi connectivity index (χ1) is 19.6. The number of phenolic OH excluding ortho intramolecular Hbond substituents is 1. The van der Waals surface area contributed by atoms with Gasteiger partial charge >= 0.3 is 0 Å². The molecule has 4 aromatic carbocycles. The SMILES string of the molecule is O=C1c2cccc3c(-c4ccc(/C=N/N=C/c5ccccc5O)cc4)ccc(c23)C(=O)N1CCN1CCOCC1. The van der Waals surface area contributed by atoms with E-state index in [-0.39, 0.29) is 17.6 Å². The summed E-state index contributed by atoms with van der Waals surface area (Å²) in [7, 11) is 0. The number of amides is 2. The van der Waals surface area contributed by atoms with Crippen molar-refractivity contribution in [3.8, 4) is 16.9 Å². The molecule has 2 aliphatic rings. The van der Waals surface area contributed by atoms with Crippen molar-refractivity contribution in [3.05, 3.63) is 101 Å². The number of carbonyl (C=O) groups excluding carboxylic acids is 2. The molecule has 2 aliphatic heterocycles. The molecule has 0 spiro atoms. The minimum atomic E-state index is -0.246. The van der Waals surface area contributed by atoms with E-state index in [1.54, 1.807) is 30.5 Å². The Morgan fingerprint density at radius 2 is 1.45 bits per heavy atom. The van der Waals surface area contributed by atoms with E-state index in [1.165, 1.54) is 11.1 Å². The third-order valence-electron chi connectivity index (χ3n) is 7.36. The van der Waals surface area contributed by atoms with Gasteiger partial charge in [0.05, 0.1) is 25.6 Å². The molecule has 8 heteroatoms. The van der Waals surface area contributed by atoms with Crippen molar-refractivity contribution in [2.24, 2.45) is 10.2 Å². The number of ether oxygens (including phenoxy) is 1. The van der Waals surface area contributed by atoms with Gasteiger partial charge in [-0.15, -0.1) is 0 Å². The van der Waals surface area contributed by atoms with Crippen LogP contribution in [0.3, 0.4) is 0 Å². The smallest absolute Gasteiger partial charge is 0.261 e. The molecule has 1 saturated heterocycles. The fourth-order valence-corrected chi connectivity index (χ4v) is 5.21. The number of phenols is 1. The van der Waals surface area contributed by atoms with Crippen molar-refractivity contribution >= 4 is 35.0 Å². The van der Waals surface area contributed by atoms with Crippen LogP contribution in [0.1, 0.15) is 31.8 Å². The summed E-state index contributed by atoms with van der Waals surface area (Å²) in [4.78, 5) is 30.5. The number of aromatic hydroxyl groups is 1. The molecule has 0 aromatic heterocycles. The molecule has 8 nitrogen and oxygen atoms in total. The number of benzene rings is 4. The Kier molecular flexibility index (Phi) is 7.18.